The minimum Gasteiger partial charge on any atom is -0.352 e. The van der Waals surface area contributed by atoms with Gasteiger partial charge < -0.3 is 15.5 Å². The molecule has 36 heavy (non-hydrogen) atoms. The van der Waals surface area contributed by atoms with Crippen LogP contribution >= 0.6 is 11.6 Å². The summed E-state index contributed by atoms with van der Waals surface area (Å²) in [5.41, 5.74) is 2.19. The Labute approximate surface area is 216 Å². The van der Waals surface area contributed by atoms with Gasteiger partial charge in [-0.2, -0.15) is 5.10 Å². The number of carbonyl (C=O) groups excluding carboxylic acids is 3. The molecule has 2 heterocycles. The van der Waals surface area contributed by atoms with Crippen molar-refractivity contribution in [3.63, 3.8) is 0 Å². The van der Waals surface area contributed by atoms with E-state index >= 15 is 0 Å². The molecule has 0 spiro atoms. The van der Waals surface area contributed by atoms with Crippen LogP contribution in [0.5, 0.6) is 0 Å². The van der Waals surface area contributed by atoms with Crippen LogP contribution in [0.4, 0.5) is 5.69 Å². The molecule has 190 valence electrons. The first-order chi connectivity index (χ1) is 17.0. The van der Waals surface area contributed by atoms with E-state index in [4.69, 9.17) is 11.6 Å². The molecule has 2 N–H and O–H groups in total. The molecule has 0 bridgehead atoms. The van der Waals surface area contributed by atoms with E-state index in [1.165, 1.54) is 0 Å². The van der Waals surface area contributed by atoms with E-state index in [0.717, 1.165) is 29.3 Å². The van der Waals surface area contributed by atoms with Crippen LogP contribution in [0.1, 0.15) is 62.5 Å². The second-order valence-electron chi connectivity index (χ2n) is 10.3. The van der Waals surface area contributed by atoms with Crippen molar-refractivity contribution < 1.29 is 14.4 Å². The Bertz CT molecular complexity index is 1300. The Hall–Kier alpha value is -3.39. The van der Waals surface area contributed by atoms with Gasteiger partial charge in [-0.15, -0.1) is 0 Å². The van der Waals surface area contributed by atoms with E-state index in [1.54, 1.807) is 31.3 Å². The maximum atomic E-state index is 13.2. The van der Waals surface area contributed by atoms with E-state index in [-0.39, 0.29) is 23.8 Å². The van der Waals surface area contributed by atoms with Crippen molar-refractivity contribution in [2.45, 2.75) is 53.1 Å². The number of anilines is 1. The number of hydrogen-bond acceptors (Lipinski definition) is 4. The van der Waals surface area contributed by atoms with Gasteiger partial charge >= 0.3 is 0 Å². The molecule has 1 aliphatic rings. The number of amides is 3. The first-order valence-electron chi connectivity index (χ1n) is 12.1. The Morgan fingerprint density at radius 1 is 1.11 bits per heavy atom. The van der Waals surface area contributed by atoms with Gasteiger partial charge in [0.1, 0.15) is 0 Å². The first-order valence-corrected chi connectivity index (χ1v) is 12.5. The summed E-state index contributed by atoms with van der Waals surface area (Å²) in [7, 11) is 0. The minimum atomic E-state index is -0.500. The SMILES string of the molecule is CC(=O)N1CCC(n2ncc3c(NC(=O)c4cc(CNC(=O)C(C)(C)C)ccc4Cl)cccc32)CC1. The summed E-state index contributed by atoms with van der Waals surface area (Å²) in [6.45, 7) is 8.87. The van der Waals surface area contributed by atoms with Gasteiger partial charge in [0.25, 0.3) is 5.91 Å². The van der Waals surface area contributed by atoms with Gasteiger partial charge in [0.15, 0.2) is 0 Å². The van der Waals surface area contributed by atoms with Gasteiger partial charge in [-0.05, 0) is 42.7 Å². The molecule has 4 rings (SSSR count). The van der Waals surface area contributed by atoms with E-state index in [9.17, 15) is 14.4 Å². The van der Waals surface area contributed by atoms with Crippen molar-refractivity contribution in [2.24, 2.45) is 5.41 Å². The summed E-state index contributed by atoms with van der Waals surface area (Å²) in [6.07, 6.45) is 3.44. The maximum absolute atomic E-state index is 13.2. The zero-order valence-electron chi connectivity index (χ0n) is 21.1. The van der Waals surface area contributed by atoms with E-state index < -0.39 is 5.41 Å². The molecule has 3 amide bonds. The molecule has 9 heteroatoms. The highest BCUT2D eigenvalue weighted by atomic mass is 35.5. The lowest BCUT2D eigenvalue weighted by Gasteiger charge is -2.31. The third-order valence-corrected chi connectivity index (χ3v) is 6.88. The van der Waals surface area contributed by atoms with E-state index in [1.807, 2.05) is 48.6 Å². The molecule has 0 saturated carbocycles. The molecular formula is C27H32ClN5O3. The maximum Gasteiger partial charge on any atom is 0.257 e. The van der Waals surface area contributed by atoms with E-state index in [2.05, 4.69) is 15.7 Å². The van der Waals surface area contributed by atoms with Gasteiger partial charge in [-0.3, -0.25) is 19.1 Å². The second-order valence-corrected chi connectivity index (χ2v) is 10.7. The molecule has 1 aromatic heterocycles. The quantitative estimate of drug-likeness (QED) is 0.517. The van der Waals surface area contributed by atoms with E-state index in [0.29, 0.717) is 35.9 Å². The Balaban J connectivity index is 1.51. The van der Waals surface area contributed by atoms with Crippen LogP contribution < -0.4 is 10.6 Å². The third kappa shape index (κ3) is 5.54. The van der Waals surface area contributed by atoms with Gasteiger partial charge in [0, 0.05) is 37.4 Å². The molecule has 0 unspecified atom stereocenters. The lowest BCUT2D eigenvalue weighted by atomic mass is 9.95. The van der Waals surface area contributed by atoms with Gasteiger partial charge in [-0.25, -0.2) is 0 Å². The number of nitrogens with zero attached hydrogens (tertiary/aromatic N) is 3. The number of likely N-dealkylation sites (tertiary alicyclic amines) is 1. The number of piperidine rings is 1. The predicted molar refractivity (Wildman–Crippen MR) is 141 cm³/mol. The summed E-state index contributed by atoms with van der Waals surface area (Å²) in [4.78, 5) is 38.9. The summed E-state index contributed by atoms with van der Waals surface area (Å²) < 4.78 is 1.99. The van der Waals surface area contributed by atoms with Crippen LogP contribution in [0.2, 0.25) is 5.02 Å². The summed E-state index contributed by atoms with van der Waals surface area (Å²) in [6, 6.07) is 11.1. The highest BCUT2D eigenvalue weighted by Crippen LogP contribution is 2.30. The average Bonchev–Trinajstić information content (AvgIpc) is 3.28. The minimum absolute atomic E-state index is 0.0703. The van der Waals surface area contributed by atoms with Gasteiger partial charge in [0.05, 0.1) is 34.0 Å². The van der Waals surface area contributed by atoms with Crippen molar-refractivity contribution >= 4 is 45.9 Å². The fraction of sp³-hybridized carbons (Fsp3) is 0.407. The molecule has 1 aliphatic heterocycles. The fourth-order valence-corrected chi connectivity index (χ4v) is 4.59. The third-order valence-electron chi connectivity index (χ3n) is 6.55. The highest BCUT2D eigenvalue weighted by Gasteiger charge is 2.24. The van der Waals surface area contributed by atoms with Crippen LogP contribution in [0.15, 0.2) is 42.6 Å². The van der Waals surface area contributed by atoms with Crippen LogP contribution in [0.25, 0.3) is 10.9 Å². The molecule has 0 radical (unpaired) electrons. The molecule has 8 nitrogen and oxygen atoms in total. The second kappa shape index (κ2) is 10.3. The van der Waals surface area contributed by atoms with Crippen LogP contribution in [0, 0.1) is 5.41 Å². The van der Waals surface area contributed by atoms with Gasteiger partial charge in [0.2, 0.25) is 11.8 Å². The number of nitrogens with one attached hydrogen (secondary N) is 2. The molecule has 0 aliphatic carbocycles. The average molecular weight is 510 g/mol. The lowest BCUT2D eigenvalue weighted by molar-refractivity contribution is -0.130. The first kappa shape index (κ1) is 25.7. The molecule has 2 aromatic carbocycles. The summed E-state index contributed by atoms with van der Waals surface area (Å²) in [5.74, 6) is -0.304. The molecule has 1 saturated heterocycles. The Kier molecular flexibility index (Phi) is 7.36. The number of aromatic nitrogens is 2. The van der Waals surface area contributed by atoms with Crippen LogP contribution in [-0.4, -0.2) is 45.5 Å². The number of benzene rings is 2. The van der Waals surface area contributed by atoms with Gasteiger partial charge in [-0.1, -0.05) is 44.5 Å². The largest absolute Gasteiger partial charge is 0.352 e. The van der Waals surface area contributed by atoms with Crippen molar-refractivity contribution in [3.8, 4) is 0 Å². The molecular weight excluding hydrogens is 478 g/mol. The number of fused-ring (bicyclic) bond motifs is 1. The summed E-state index contributed by atoms with van der Waals surface area (Å²) in [5, 5.41) is 11.7. The number of halogens is 1. The summed E-state index contributed by atoms with van der Waals surface area (Å²) >= 11 is 6.36. The monoisotopic (exact) mass is 509 g/mol. The number of hydrogen-bond donors (Lipinski definition) is 2. The van der Waals surface area contributed by atoms with Crippen molar-refractivity contribution in [1.82, 2.24) is 20.0 Å². The zero-order chi connectivity index (χ0) is 26.0. The highest BCUT2D eigenvalue weighted by molar-refractivity contribution is 6.34. The Morgan fingerprint density at radius 3 is 2.50 bits per heavy atom. The normalized spacial score (nSPS) is 14.6. The van der Waals surface area contributed by atoms with Crippen molar-refractivity contribution in [1.29, 1.82) is 0 Å². The predicted octanol–water partition coefficient (Wildman–Crippen LogP) is 4.79. The van der Waals surface area contributed by atoms with Crippen LogP contribution in [-0.2, 0) is 16.1 Å². The number of rotatable bonds is 5. The Morgan fingerprint density at radius 2 is 1.83 bits per heavy atom. The smallest absolute Gasteiger partial charge is 0.257 e. The molecule has 1 fully saturated rings. The van der Waals surface area contributed by atoms with Crippen LogP contribution in [0.3, 0.4) is 0 Å². The zero-order valence-corrected chi connectivity index (χ0v) is 21.9. The topological polar surface area (TPSA) is 96.3 Å². The number of carbonyl (C=O) groups is 3. The standard InChI is InChI=1S/C27H32ClN5O3/c1-17(34)32-12-10-19(11-13-32)33-24-7-5-6-23(21(24)16-30-33)31-25(35)20-14-18(8-9-22(20)28)15-29-26(36)27(2,3)4/h5-9,14,16,19H,10-13,15H2,1-4H3,(H,29,36)(H,31,35). The van der Waals surface area contributed by atoms with Crippen molar-refractivity contribution in [3.05, 3.63) is 58.7 Å². The molecule has 3 aromatic rings. The fourth-order valence-electron chi connectivity index (χ4n) is 4.39. The van der Waals surface area contributed by atoms with Crippen molar-refractivity contribution in [2.75, 3.05) is 18.4 Å². The lowest BCUT2D eigenvalue weighted by Crippen LogP contribution is -2.37. The molecule has 0 atom stereocenters.